The second kappa shape index (κ2) is 6.96. The zero-order chi connectivity index (χ0) is 16.2. The van der Waals surface area contributed by atoms with Crippen molar-refractivity contribution in [3.05, 3.63) is 42.2 Å². The summed E-state index contributed by atoms with van der Waals surface area (Å²) in [6.07, 6.45) is 3.23. The summed E-state index contributed by atoms with van der Waals surface area (Å²) in [6.45, 7) is 2.95. The third-order valence-corrected chi connectivity index (χ3v) is 4.51. The van der Waals surface area contributed by atoms with Gasteiger partial charge in [0.05, 0.1) is 14.2 Å². The van der Waals surface area contributed by atoms with E-state index in [4.69, 9.17) is 9.47 Å². The first-order valence-electron chi connectivity index (χ1n) is 8.01. The monoisotopic (exact) mass is 315 g/mol. The molecular formula is C18H25N3O2. The molecule has 1 N–H and O–H groups in total. The van der Waals surface area contributed by atoms with Crippen molar-refractivity contribution in [3.63, 3.8) is 0 Å². The van der Waals surface area contributed by atoms with Crippen molar-refractivity contribution in [2.45, 2.75) is 19.0 Å². The predicted molar refractivity (Wildman–Crippen MR) is 92.4 cm³/mol. The summed E-state index contributed by atoms with van der Waals surface area (Å²) in [6, 6.07) is 10.8. The molecule has 0 unspecified atom stereocenters. The zero-order valence-electron chi connectivity index (χ0n) is 14.1. The van der Waals surface area contributed by atoms with E-state index < -0.39 is 0 Å². The highest BCUT2D eigenvalue weighted by molar-refractivity contribution is 5.56. The number of hydrogen-bond donors (Lipinski definition) is 1. The first-order valence-corrected chi connectivity index (χ1v) is 8.01. The quantitative estimate of drug-likeness (QED) is 0.888. The molecule has 1 aromatic carbocycles. The lowest BCUT2D eigenvalue weighted by molar-refractivity contribution is 0.394. The fourth-order valence-electron chi connectivity index (χ4n) is 3.07. The van der Waals surface area contributed by atoms with Gasteiger partial charge in [-0.25, -0.2) is 0 Å². The van der Waals surface area contributed by atoms with Gasteiger partial charge in [0.2, 0.25) is 0 Å². The molecule has 0 radical (unpaired) electrons. The van der Waals surface area contributed by atoms with Crippen LogP contribution in [0.2, 0.25) is 0 Å². The summed E-state index contributed by atoms with van der Waals surface area (Å²) in [4.78, 5) is 2.38. The van der Waals surface area contributed by atoms with E-state index in [1.54, 1.807) is 14.2 Å². The number of aryl methyl sites for hydroxylation is 1. The lowest BCUT2D eigenvalue weighted by Gasteiger charge is -2.20. The second-order valence-electron chi connectivity index (χ2n) is 5.99. The largest absolute Gasteiger partial charge is 0.497 e. The Morgan fingerprint density at radius 1 is 1.17 bits per heavy atom. The molecule has 5 heteroatoms. The van der Waals surface area contributed by atoms with Crippen LogP contribution in [-0.2, 0) is 13.6 Å². The van der Waals surface area contributed by atoms with Crippen molar-refractivity contribution < 1.29 is 9.47 Å². The average Bonchev–Trinajstić information content (AvgIpc) is 3.21. The number of rotatable bonds is 6. The van der Waals surface area contributed by atoms with E-state index in [2.05, 4.69) is 52.3 Å². The Hall–Kier alpha value is -2.14. The average molecular weight is 315 g/mol. The van der Waals surface area contributed by atoms with E-state index in [1.807, 2.05) is 6.07 Å². The van der Waals surface area contributed by atoms with Gasteiger partial charge >= 0.3 is 0 Å². The summed E-state index contributed by atoms with van der Waals surface area (Å²) >= 11 is 0. The summed E-state index contributed by atoms with van der Waals surface area (Å²) in [5, 5.41) is 3.66. The first-order chi connectivity index (χ1) is 11.2. The molecule has 5 nitrogen and oxygen atoms in total. The molecular weight excluding hydrogens is 290 g/mol. The van der Waals surface area contributed by atoms with Gasteiger partial charge in [-0.1, -0.05) is 0 Å². The third-order valence-electron chi connectivity index (χ3n) is 4.51. The molecule has 23 heavy (non-hydrogen) atoms. The maximum Gasteiger partial charge on any atom is 0.124 e. The van der Waals surface area contributed by atoms with Gasteiger partial charge in [0.1, 0.15) is 11.5 Å². The van der Waals surface area contributed by atoms with Crippen LogP contribution in [-0.4, -0.2) is 37.9 Å². The van der Waals surface area contributed by atoms with Gasteiger partial charge in [0.15, 0.2) is 0 Å². The molecule has 2 heterocycles. The second-order valence-corrected chi connectivity index (χ2v) is 5.99. The normalized spacial score (nSPS) is 17.5. The van der Waals surface area contributed by atoms with Crippen molar-refractivity contribution in [2.24, 2.45) is 7.05 Å². The van der Waals surface area contributed by atoms with Gasteiger partial charge in [-0.2, -0.15) is 0 Å². The number of aromatic nitrogens is 1. The van der Waals surface area contributed by atoms with Gasteiger partial charge in [0.25, 0.3) is 0 Å². The van der Waals surface area contributed by atoms with Crippen LogP contribution in [0.1, 0.15) is 12.1 Å². The SMILES string of the molecule is COc1cc(OC)cc(N2CC[C@H](NCc3cccn3C)C2)c1. The van der Waals surface area contributed by atoms with E-state index in [1.165, 1.54) is 5.69 Å². The fourth-order valence-corrected chi connectivity index (χ4v) is 3.07. The molecule has 0 bridgehead atoms. The molecule has 1 aliphatic rings. The van der Waals surface area contributed by atoms with Crippen LogP contribution in [0.5, 0.6) is 11.5 Å². The number of methoxy groups -OCH3 is 2. The van der Waals surface area contributed by atoms with E-state index in [9.17, 15) is 0 Å². The molecule has 124 valence electrons. The highest BCUT2D eigenvalue weighted by atomic mass is 16.5. The van der Waals surface area contributed by atoms with Gasteiger partial charge < -0.3 is 24.3 Å². The molecule has 0 spiro atoms. The lowest BCUT2D eigenvalue weighted by atomic mass is 10.2. The van der Waals surface area contributed by atoms with Crippen LogP contribution in [0.15, 0.2) is 36.5 Å². The Labute approximate surface area is 137 Å². The van der Waals surface area contributed by atoms with E-state index in [-0.39, 0.29) is 0 Å². The van der Waals surface area contributed by atoms with Crippen molar-refractivity contribution in [1.29, 1.82) is 0 Å². The Balaban J connectivity index is 1.62. The predicted octanol–water partition coefficient (Wildman–Crippen LogP) is 2.41. The van der Waals surface area contributed by atoms with Crippen LogP contribution in [0.3, 0.4) is 0 Å². The van der Waals surface area contributed by atoms with E-state index in [0.29, 0.717) is 6.04 Å². The van der Waals surface area contributed by atoms with Crippen molar-refractivity contribution >= 4 is 5.69 Å². The van der Waals surface area contributed by atoms with Gasteiger partial charge in [-0.05, 0) is 18.6 Å². The molecule has 1 aromatic heterocycles. The molecule has 1 fully saturated rings. The Morgan fingerprint density at radius 2 is 1.91 bits per heavy atom. The minimum Gasteiger partial charge on any atom is -0.497 e. The number of benzene rings is 1. The van der Waals surface area contributed by atoms with Crippen LogP contribution < -0.4 is 19.7 Å². The summed E-state index contributed by atoms with van der Waals surface area (Å²) in [7, 11) is 5.46. The number of nitrogens with one attached hydrogen (secondary N) is 1. The molecule has 0 saturated carbocycles. The van der Waals surface area contributed by atoms with Crippen LogP contribution in [0, 0.1) is 0 Å². The smallest absolute Gasteiger partial charge is 0.124 e. The molecule has 0 amide bonds. The van der Waals surface area contributed by atoms with E-state index in [0.717, 1.165) is 43.2 Å². The minimum atomic E-state index is 0.502. The zero-order valence-corrected chi connectivity index (χ0v) is 14.1. The van der Waals surface area contributed by atoms with Crippen molar-refractivity contribution in [3.8, 4) is 11.5 Å². The first kappa shape index (κ1) is 15.7. The van der Waals surface area contributed by atoms with Crippen LogP contribution >= 0.6 is 0 Å². The standard InChI is InChI=1S/C18H25N3O2/c1-20-7-4-5-15(20)12-19-14-6-8-21(13-14)16-9-17(22-2)11-18(10-16)23-3/h4-5,7,9-11,14,19H,6,8,12-13H2,1-3H3/t14-/m0/s1. The maximum atomic E-state index is 5.37. The van der Waals surface area contributed by atoms with Crippen LogP contribution in [0.4, 0.5) is 5.69 Å². The highest BCUT2D eigenvalue weighted by Crippen LogP contribution is 2.30. The van der Waals surface area contributed by atoms with Crippen molar-refractivity contribution in [2.75, 3.05) is 32.2 Å². The fraction of sp³-hybridized carbons (Fsp3) is 0.444. The Kier molecular flexibility index (Phi) is 4.76. The molecule has 1 saturated heterocycles. The molecule has 1 aliphatic heterocycles. The number of hydrogen-bond acceptors (Lipinski definition) is 4. The number of nitrogens with zero attached hydrogens (tertiary/aromatic N) is 2. The summed E-state index contributed by atoms with van der Waals surface area (Å²) in [5.74, 6) is 1.67. The number of anilines is 1. The topological polar surface area (TPSA) is 38.7 Å². The van der Waals surface area contributed by atoms with Gasteiger partial charge in [0, 0.05) is 68.5 Å². The maximum absolute atomic E-state index is 5.37. The summed E-state index contributed by atoms with van der Waals surface area (Å²) in [5.41, 5.74) is 2.47. The van der Waals surface area contributed by atoms with Gasteiger partial charge in [-0.15, -0.1) is 0 Å². The molecule has 3 rings (SSSR count). The van der Waals surface area contributed by atoms with Crippen molar-refractivity contribution in [1.82, 2.24) is 9.88 Å². The minimum absolute atomic E-state index is 0.502. The third kappa shape index (κ3) is 3.62. The number of ether oxygens (including phenoxy) is 2. The highest BCUT2D eigenvalue weighted by Gasteiger charge is 2.23. The molecule has 1 atom stereocenters. The van der Waals surface area contributed by atoms with Crippen LogP contribution in [0.25, 0.3) is 0 Å². The molecule has 2 aromatic rings. The molecule has 0 aliphatic carbocycles. The Morgan fingerprint density at radius 3 is 2.52 bits per heavy atom. The van der Waals surface area contributed by atoms with Gasteiger partial charge in [-0.3, -0.25) is 0 Å². The lowest BCUT2D eigenvalue weighted by Crippen LogP contribution is -2.32. The summed E-state index contributed by atoms with van der Waals surface area (Å²) < 4.78 is 12.9. The Bertz CT molecular complexity index is 631. The van der Waals surface area contributed by atoms with E-state index >= 15 is 0 Å².